The monoisotopic (exact) mass is 405 g/mol. The average molecular weight is 406 g/mol. The fourth-order valence-electron chi connectivity index (χ4n) is 2.69. The Bertz CT molecular complexity index is 833. The van der Waals surface area contributed by atoms with Gasteiger partial charge in [-0.1, -0.05) is 6.07 Å². The van der Waals surface area contributed by atoms with Crippen molar-refractivity contribution in [3.05, 3.63) is 46.2 Å². The second kappa shape index (κ2) is 8.94. The number of anilines is 2. The van der Waals surface area contributed by atoms with Crippen LogP contribution in [0.5, 0.6) is 0 Å². The number of carbonyl (C=O) groups excluding carboxylic acids is 2. The topological polar surface area (TPSA) is 79.9 Å². The van der Waals surface area contributed by atoms with Crippen LogP contribution in [0.25, 0.3) is 0 Å². The third-order valence-corrected chi connectivity index (χ3v) is 5.06. The van der Waals surface area contributed by atoms with E-state index in [2.05, 4.69) is 15.5 Å². The SMILES string of the molecule is COC(=O)c1ccc(N2CCOCC2)c(NC(=S)NC(=O)c2cccs2)c1. The standard InChI is InChI=1S/C18H19N3O4S2/c1-24-17(23)12-4-5-14(21-6-8-25-9-7-21)13(11-12)19-18(26)20-16(22)15-3-2-10-27-15/h2-5,10-11H,6-9H2,1H3,(H2,19,20,22,26). The number of methoxy groups -OCH3 is 1. The highest BCUT2D eigenvalue weighted by Crippen LogP contribution is 2.28. The molecule has 1 aromatic carbocycles. The third-order valence-electron chi connectivity index (χ3n) is 3.99. The van der Waals surface area contributed by atoms with Crippen LogP contribution in [-0.4, -0.2) is 50.4 Å². The molecule has 2 N–H and O–H groups in total. The van der Waals surface area contributed by atoms with Crippen LogP contribution in [0.4, 0.5) is 11.4 Å². The molecule has 1 amide bonds. The fraction of sp³-hybridized carbons (Fsp3) is 0.278. The van der Waals surface area contributed by atoms with E-state index in [1.807, 2.05) is 11.4 Å². The maximum absolute atomic E-state index is 12.2. The molecule has 9 heteroatoms. The Labute approximate surface area is 166 Å². The zero-order chi connectivity index (χ0) is 19.2. The second-order valence-electron chi connectivity index (χ2n) is 5.71. The Balaban J connectivity index is 1.80. The Hall–Kier alpha value is -2.49. The van der Waals surface area contributed by atoms with Gasteiger partial charge in [-0.05, 0) is 41.9 Å². The molecule has 142 valence electrons. The van der Waals surface area contributed by atoms with E-state index < -0.39 is 5.97 Å². The van der Waals surface area contributed by atoms with Crippen LogP contribution in [-0.2, 0) is 9.47 Å². The second-order valence-corrected chi connectivity index (χ2v) is 7.06. The van der Waals surface area contributed by atoms with E-state index in [9.17, 15) is 9.59 Å². The van der Waals surface area contributed by atoms with Crippen LogP contribution in [0.3, 0.4) is 0 Å². The Morgan fingerprint density at radius 1 is 1.26 bits per heavy atom. The number of amides is 1. The highest BCUT2D eigenvalue weighted by Gasteiger charge is 2.18. The van der Waals surface area contributed by atoms with E-state index in [0.717, 1.165) is 18.8 Å². The summed E-state index contributed by atoms with van der Waals surface area (Å²) >= 11 is 6.62. The molecular weight excluding hydrogens is 386 g/mol. The molecule has 1 saturated heterocycles. The summed E-state index contributed by atoms with van der Waals surface area (Å²) in [5.41, 5.74) is 1.89. The molecule has 2 aromatic rings. The summed E-state index contributed by atoms with van der Waals surface area (Å²) in [6, 6.07) is 8.73. The fourth-order valence-corrected chi connectivity index (χ4v) is 3.51. The summed E-state index contributed by atoms with van der Waals surface area (Å²) in [7, 11) is 1.33. The number of esters is 1. The van der Waals surface area contributed by atoms with Gasteiger partial charge in [-0.2, -0.15) is 0 Å². The normalized spacial score (nSPS) is 13.7. The molecule has 1 fully saturated rings. The van der Waals surface area contributed by atoms with Crippen molar-refractivity contribution in [2.45, 2.75) is 0 Å². The lowest BCUT2D eigenvalue weighted by Crippen LogP contribution is -2.38. The van der Waals surface area contributed by atoms with Crippen LogP contribution >= 0.6 is 23.6 Å². The zero-order valence-electron chi connectivity index (χ0n) is 14.7. The molecule has 0 atom stereocenters. The van der Waals surface area contributed by atoms with Crippen LogP contribution in [0.15, 0.2) is 35.7 Å². The number of thiocarbonyl (C=S) groups is 1. The molecular formula is C18H19N3O4S2. The van der Waals surface area contributed by atoms with E-state index in [1.54, 1.807) is 24.3 Å². The molecule has 0 unspecified atom stereocenters. The van der Waals surface area contributed by atoms with Crippen molar-refractivity contribution in [3.8, 4) is 0 Å². The molecule has 1 aliphatic heterocycles. The number of benzene rings is 1. The van der Waals surface area contributed by atoms with Crippen molar-refractivity contribution < 1.29 is 19.1 Å². The van der Waals surface area contributed by atoms with Gasteiger partial charge in [-0.25, -0.2) is 4.79 Å². The molecule has 0 bridgehead atoms. The summed E-state index contributed by atoms with van der Waals surface area (Å²) in [5.74, 6) is -0.723. The minimum atomic E-state index is -0.444. The van der Waals surface area contributed by atoms with Gasteiger partial charge in [0.1, 0.15) is 0 Å². The van der Waals surface area contributed by atoms with E-state index in [-0.39, 0.29) is 11.0 Å². The number of nitrogens with zero attached hydrogens (tertiary/aromatic N) is 1. The van der Waals surface area contributed by atoms with Crippen molar-refractivity contribution in [1.82, 2.24) is 5.32 Å². The minimum absolute atomic E-state index is 0.157. The van der Waals surface area contributed by atoms with Gasteiger partial charge in [0.05, 0.1) is 42.1 Å². The molecule has 1 aliphatic rings. The lowest BCUT2D eigenvalue weighted by Gasteiger charge is -2.31. The third kappa shape index (κ3) is 4.82. The molecule has 7 nitrogen and oxygen atoms in total. The highest BCUT2D eigenvalue weighted by atomic mass is 32.1. The van der Waals surface area contributed by atoms with Crippen molar-refractivity contribution in [2.24, 2.45) is 0 Å². The van der Waals surface area contributed by atoms with E-state index in [4.69, 9.17) is 21.7 Å². The molecule has 3 rings (SSSR count). The Kier molecular flexibility index (Phi) is 6.38. The molecule has 0 radical (unpaired) electrons. The van der Waals surface area contributed by atoms with Gasteiger partial charge in [0.2, 0.25) is 0 Å². The number of ether oxygens (including phenoxy) is 2. The molecule has 0 spiro atoms. The van der Waals surface area contributed by atoms with Crippen molar-refractivity contribution in [3.63, 3.8) is 0 Å². The predicted octanol–water partition coefficient (Wildman–Crippen LogP) is 2.50. The number of morpholine rings is 1. The van der Waals surface area contributed by atoms with E-state index in [0.29, 0.717) is 29.3 Å². The first kappa shape index (κ1) is 19.3. The first-order valence-electron chi connectivity index (χ1n) is 8.29. The van der Waals surface area contributed by atoms with Crippen molar-refractivity contribution in [2.75, 3.05) is 43.6 Å². The molecule has 27 heavy (non-hydrogen) atoms. The number of carbonyl (C=O) groups is 2. The number of nitrogens with one attached hydrogen (secondary N) is 2. The lowest BCUT2D eigenvalue weighted by molar-refractivity contribution is 0.0600. The highest BCUT2D eigenvalue weighted by molar-refractivity contribution is 7.80. The largest absolute Gasteiger partial charge is 0.465 e. The maximum Gasteiger partial charge on any atom is 0.337 e. The van der Waals surface area contributed by atoms with Crippen LogP contribution in [0.2, 0.25) is 0 Å². The van der Waals surface area contributed by atoms with Gasteiger partial charge in [-0.15, -0.1) is 11.3 Å². The number of hydrogen-bond acceptors (Lipinski definition) is 7. The maximum atomic E-state index is 12.2. The van der Waals surface area contributed by atoms with Gasteiger partial charge in [-0.3, -0.25) is 10.1 Å². The van der Waals surface area contributed by atoms with Crippen LogP contribution in [0, 0.1) is 0 Å². The van der Waals surface area contributed by atoms with Crippen molar-refractivity contribution >= 4 is 51.9 Å². The molecule has 2 heterocycles. The molecule has 0 saturated carbocycles. The van der Waals surface area contributed by atoms with Gasteiger partial charge in [0, 0.05) is 13.1 Å². The smallest absolute Gasteiger partial charge is 0.337 e. The van der Waals surface area contributed by atoms with Crippen LogP contribution in [0.1, 0.15) is 20.0 Å². The molecule has 0 aliphatic carbocycles. The Morgan fingerprint density at radius 2 is 2.04 bits per heavy atom. The zero-order valence-corrected chi connectivity index (χ0v) is 16.3. The quantitative estimate of drug-likeness (QED) is 0.598. The van der Waals surface area contributed by atoms with Gasteiger partial charge < -0.3 is 19.7 Å². The number of hydrogen-bond donors (Lipinski definition) is 2. The van der Waals surface area contributed by atoms with Crippen LogP contribution < -0.4 is 15.5 Å². The average Bonchev–Trinajstić information content (AvgIpc) is 3.23. The van der Waals surface area contributed by atoms with Gasteiger partial charge >= 0.3 is 5.97 Å². The van der Waals surface area contributed by atoms with E-state index >= 15 is 0 Å². The molecule has 1 aromatic heterocycles. The summed E-state index contributed by atoms with van der Waals surface area (Å²) in [6.45, 7) is 2.69. The van der Waals surface area contributed by atoms with Gasteiger partial charge in [0.25, 0.3) is 5.91 Å². The predicted molar refractivity (Wildman–Crippen MR) is 109 cm³/mol. The van der Waals surface area contributed by atoms with Gasteiger partial charge in [0.15, 0.2) is 5.11 Å². The Morgan fingerprint density at radius 3 is 2.70 bits per heavy atom. The lowest BCUT2D eigenvalue weighted by atomic mass is 10.1. The number of thiophene rings is 1. The first-order chi connectivity index (χ1) is 13.1. The van der Waals surface area contributed by atoms with Crippen molar-refractivity contribution in [1.29, 1.82) is 0 Å². The summed E-state index contributed by atoms with van der Waals surface area (Å²) in [5, 5.41) is 7.67. The number of rotatable bonds is 4. The summed E-state index contributed by atoms with van der Waals surface area (Å²) < 4.78 is 10.2. The summed E-state index contributed by atoms with van der Waals surface area (Å²) in [6.07, 6.45) is 0. The van der Waals surface area contributed by atoms with E-state index in [1.165, 1.54) is 18.4 Å². The minimum Gasteiger partial charge on any atom is -0.465 e. The first-order valence-corrected chi connectivity index (χ1v) is 9.58. The summed E-state index contributed by atoms with van der Waals surface area (Å²) in [4.78, 5) is 26.8.